The SMILES string of the molecule is Cc1cc(Oc2ccc(C=O)s2)c(F)cc1[N+](=O)[O-]. The van der Waals surface area contributed by atoms with Gasteiger partial charge < -0.3 is 4.74 Å². The largest absolute Gasteiger partial charge is 0.444 e. The van der Waals surface area contributed by atoms with Crippen LogP contribution in [0, 0.1) is 22.9 Å². The van der Waals surface area contributed by atoms with Gasteiger partial charge in [-0.25, -0.2) is 4.39 Å². The Morgan fingerprint density at radius 2 is 2.16 bits per heavy atom. The summed E-state index contributed by atoms with van der Waals surface area (Å²) in [5.74, 6) is -0.930. The van der Waals surface area contributed by atoms with Crippen molar-refractivity contribution < 1.29 is 18.8 Å². The van der Waals surface area contributed by atoms with Gasteiger partial charge >= 0.3 is 0 Å². The summed E-state index contributed by atoms with van der Waals surface area (Å²) in [5, 5.41) is 11.0. The van der Waals surface area contributed by atoms with E-state index in [-0.39, 0.29) is 11.4 Å². The molecule has 2 rings (SSSR count). The molecule has 98 valence electrons. The third-order valence-corrected chi connectivity index (χ3v) is 3.26. The second-order valence-corrected chi connectivity index (χ2v) is 4.78. The second kappa shape index (κ2) is 5.15. The summed E-state index contributed by atoms with van der Waals surface area (Å²) in [6.45, 7) is 1.50. The minimum Gasteiger partial charge on any atom is -0.444 e. The molecule has 0 saturated carbocycles. The standard InChI is InChI=1S/C12H8FNO4S/c1-7-4-11(9(13)5-10(7)14(16)17)18-12-3-2-8(6-15)19-12/h2-6H,1H3. The van der Waals surface area contributed by atoms with Crippen molar-refractivity contribution in [2.45, 2.75) is 6.92 Å². The monoisotopic (exact) mass is 281 g/mol. The van der Waals surface area contributed by atoms with E-state index < -0.39 is 10.7 Å². The average molecular weight is 281 g/mol. The molecule has 0 aliphatic carbocycles. The number of hydrogen-bond donors (Lipinski definition) is 0. The molecule has 7 heteroatoms. The van der Waals surface area contributed by atoms with Crippen LogP contribution in [0.5, 0.6) is 10.8 Å². The van der Waals surface area contributed by atoms with E-state index in [0.29, 0.717) is 21.8 Å². The number of aryl methyl sites for hydroxylation is 1. The van der Waals surface area contributed by atoms with E-state index in [2.05, 4.69) is 0 Å². The van der Waals surface area contributed by atoms with Crippen molar-refractivity contribution in [3.63, 3.8) is 0 Å². The lowest BCUT2D eigenvalue weighted by Crippen LogP contribution is -1.95. The van der Waals surface area contributed by atoms with Crippen LogP contribution in [0.1, 0.15) is 15.2 Å². The van der Waals surface area contributed by atoms with Crippen LogP contribution in [0.2, 0.25) is 0 Å². The smallest absolute Gasteiger partial charge is 0.275 e. The van der Waals surface area contributed by atoms with Crippen molar-refractivity contribution in [1.82, 2.24) is 0 Å². The molecule has 5 nitrogen and oxygen atoms in total. The van der Waals surface area contributed by atoms with Gasteiger partial charge in [0.2, 0.25) is 0 Å². The molecule has 0 fully saturated rings. The van der Waals surface area contributed by atoms with Crippen LogP contribution in [0.25, 0.3) is 0 Å². The minimum absolute atomic E-state index is 0.109. The topological polar surface area (TPSA) is 69.4 Å². The van der Waals surface area contributed by atoms with E-state index in [1.807, 2.05) is 0 Å². The van der Waals surface area contributed by atoms with E-state index >= 15 is 0 Å². The molecule has 0 unspecified atom stereocenters. The van der Waals surface area contributed by atoms with Gasteiger partial charge in [0, 0.05) is 5.56 Å². The number of thiophene rings is 1. The maximum atomic E-state index is 13.7. The molecule has 0 N–H and O–H groups in total. The quantitative estimate of drug-likeness (QED) is 0.486. The molecule has 0 aliphatic heterocycles. The number of nitro groups is 1. The van der Waals surface area contributed by atoms with Crippen LogP contribution in [0.3, 0.4) is 0 Å². The maximum absolute atomic E-state index is 13.7. The van der Waals surface area contributed by atoms with E-state index in [1.54, 1.807) is 6.07 Å². The predicted octanol–water partition coefficient (Wildman–Crippen LogP) is 3.71. The van der Waals surface area contributed by atoms with Crippen LogP contribution < -0.4 is 4.74 Å². The lowest BCUT2D eigenvalue weighted by Gasteiger charge is -2.05. The van der Waals surface area contributed by atoms with Gasteiger partial charge in [-0.3, -0.25) is 14.9 Å². The Morgan fingerprint density at radius 3 is 2.74 bits per heavy atom. The number of benzene rings is 1. The van der Waals surface area contributed by atoms with Crippen molar-refractivity contribution in [3.05, 3.63) is 50.6 Å². The number of carbonyl (C=O) groups is 1. The number of aldehydes is 1. The molecule has 2 aromatic rings. The van der Waals surface area contributed by atoms with Crippen molar-refractivity contribution in [2.75, 3.05) is 0 Å². The van der Waals surface area contributed by atoms with Gasteiger partial charge in [-0.2, -0.15) is 0 Å². The molecule has 0 amide bonds. The third-order valence-electron chi connectivity index (χ3n) is 2.38. The lowest BCUT2D eigenvalue weighted by molar-refractivity contribution is -0.385. The number of halogens is 1. The molecule has 19 heavy (non-hydrogen) atoms. The normalized spacial score (nSPS) is 10.2. The van der Waals surface area contributed by atoms with Crippen molar-refractivity contribution in [1.29, 1.82) is 0 Å². The van der Waals surface area contributed by atoms with Crippen LogP contribution in [0.4, 0.5) is 10.1 Å². The molecule has 0 spiro atoms. The first kappa shape index (κ1) is 13.2. The molecule has 0 aliphatic rings. The van der Waals surface area contributed by atoms with Gasteiger partial charge in [-0.05, 0) is 25.1 Å². The van der Waals surface area contributed by atoms with E-state index in [0.717, 1.165) is 17.4 Å². The zero-order valence-corrected chi connectivity index (χ0v) is 10.6. The first-order valence-corrected chi connectivity index (χ1v) is 6.00. The summed E-state index contributed by atoms with van der Waals surface area (Å²) >= 11 is 1.06. The molecule has 1 heterocycles. The fraction of sp³-hybridized carbons (Fsp3) is 0.0833. The number of carbonyl (C=O) groups excluding carboxylic acids is 1. The van der Waals surface area contributed by atoms with Gasteiger partial charge in [0.05, 0.1) is 15.9 Å². The highest BCUT2D eigenvalue weighted by Crippen LogP contribution is 2.33. The summed E-state index contributed by atoms with van der Waals surface area (Å²) in [6.07, 6.45) is 0.662. The molecular weight excluding hydrogens is 273 g/mol. The molecular formula is C12H8FNO4S. The van der Waals surface area contributed by atoms with Gasteiger partial charge in [-0.15, -0.1) is 0 Å². The average Bonchev–Trinajstić information content (AvgIpc) is 2.80. The zero-order valence-electron chi connectivity index (χ0n) is 9.75. The maximum Gasteiger partial charge on any atom is 0.275 e. The van der Waals surface area contributed by atoms with Crippen LogP contribution in [-0.2, 0) is 0 Å². The fourth-order valence-corrected chi connectivity index (χ4v) is 2.16. The highest BCUT2D eigenvalue weighted by Gasteiger charge is 2.17. The summed E-state index contributed by atoms with van der Waals surface area (Å²) in [4.78, 5) is 21.0. The Labute approximate surface area is 111 Å². The number of rotatable bonds is 4. The highest BCUT2D eigenvalue weighted by molar-refractivity contribution is 7.15. The first-order valence-electron chi connectivity index (χ1n) is 5.18. The second-order valence-electron chi connectivity index (χ2n) is 3.70. The molecule has 0 bridgehead atoms. The first-order chi connectivity index (χ1) is 9.01. The van der Waals surface area contributed by atoms with E-state index in [1.165, 1.54) is 19.1 Å². The Kier molecular flexibility index (Phi) is 3.57. The lowest BCUT2D eigenvalue weighted by atomic mass is 10.2. The summed E-state index contributed by atoms with van der Waals surface area (Å²) in [7, 11) is 0. The van der Waals surface area contributed by atoms with Crippen LogP contribution in [-0.4, -0.2) is 11.2 Å². The van der Waals surface area contributed by atoms with Crippen molar-refractivity contribution in [3.8, 4) is 10.8 Å². The fourth-order valence-electron chi connectivity index (χ4n) is 1.48. The van der Waals surface area contributed by atoms with Gasteiger partial charge in [0.1, 0.15) is 0 Å². The number of ether oxygens (including phenoxy) is 1. The minimum atomic E-state index is -0.821. The van der Waals surface area contributed by atoms with Crippen LogP contribution in [0.15, 0.2) is 24.3 Å². The number of nitrogens with zero attached hydrogens (tertiary/aromatic N) is 1. The Hall–Kier alpha value is -2.28. The van der Waals surface area contributed by atoms with E-state index in [9.17, 15) is 19.3 Å². The van der Waals surface area contributed by atoms with Gasteiger partial charge in [-0.1, -0.05) is 11.3 Å². The van der Waals surface area contributed by atoms with E-state index in [4.69, 9.17) is 4.74 Å². The number of hydrogen-bond acceptors (Lipinski definition) is 5. The molecule has 0 atom stereocenters. The van der Waals surface area contributed by atoms with Gasteiger partial charge in [0.25, 0.3) is 5.69 Å². The Balaban J connectivity index is 2.33. The summed E-state index contributed by atoms with van der Waals surface area (Å²) in [5.41, 5.74) is -0.00169. The zero-order chi connectivity index (χ0) is 14.0. The summed E-state index contributed by atoms with van der Waals surface area (Å²) in [6, 6.07) is 5.15. The Bertz CT molecular complexity index is 653. The molecule has 0 saturated heterocycles. The third kappa shape index (κ3) is 2.76. The molecule has 1 aromatic heterocycles. The predicted molar refractivity (Wildman–Crippen MR) is 67.6 cm³/mol. The summed E-state index contributed by atoms with van der Waals surface area (Å²) < 4.78 is 18.9. The Morgan fingerprint density at radius 1 is 1.42 bits per heavy atom. The molecule has 0 radical (unpaired) electrons. The van der Waals surface area contributed by atoms with Crippen LogP contribution >= 0.6 is 11.3 Å². The highest BCUT2D eigenvalue weighted by atomic mass is 32.1. The van der Waals surface area contributed by atoms with Gasteiger partial charge in [0.15, 0.2) is 22.9 Å². The van der Waals surface area contributed by atoms with Crippen molar-refractivity contribution in [2.24, 2.45) is 0 Å². The van der Waals surface area contributed by atoms with Crippen molar-refractivity contribution >= 4 is 23.3 Å². The molecule has 1 aromatic carbocycles. The number of nitro benzene ring substituents is 1.